The van der Waals surface area contributed by atoms with Crippen molar-refractivity contribution in [3.05, 3.63) is 289 Å². The lowest BCUT2D eigenvalue weighted by atomic mass is 9.71. The number of fused-ring (bicyclic) bond motifs is 16. The fourth-order valence-corrected chi connectivity index (χ4v) is 15.3. The van der Waals surface area contributed by atoms with Gasteiger partial charge in [0.2, 0.25) is 0 Å². The van der Waals surface area contributed by atoms with Gasteiger partial charge in [0.05, 0.1) is 0 Å². The molecular formula is C82H56O. The second-order valence-corrected chi connectivity index (χ2v) is 24.2. The zero-order chi connectivity index (χ0) is 55.3. The van der Waals surface area contributed by atoms with Crippen LogP contribution in [-0.2, 0) is 10.8 Å². The SMILES string of the molecule is CC1(C)c2cc(-c3c4ccccc4c(-c4cc(-c5ccccc5)cc(-c5ccccc5)c4)c4ccccc34)ccc2-c2c1c1c(c3c2oc2ccccc23)-c2ccc(-c3c4ccccc4c(-c4ccccc4)c4ccccc34)cc2C1(C)C. The first kappa shape index (κ1) is 47.7. The molecule has 0 spiro atoms. The lowest BCUT2D eigenvalue weighted by Crippen LogP contribution is -2.24. The molecule has 0 bridgehead atoms. The van der Waals surface area contributed by atoms with Crippen LogP contribution in [0.4, 0.5) is 0 Å². The van der Waals surface area contributed by atoms with Crippen molar-refractivity contribution in [1.82, 2.24) is 0 Å². The van der Waals surface area contributed by atoms with Gasteiger partial charge in [-0.25, -0.2) is 0 Å². The third kappa shape index (κ3) is 6.83. The van der Waals surface area contributed by atoms with E-state index in [2.05, 4.69) is 295 Å². The lowest BCUT2D eigenvalue weighted by molar-refractivity contribution is 0.600. The molecular weight excluding hydrogens is 1000 g/mol. The molecule has 17 rings (SSSR count). The van der Waals surface area contributed by atoms with E-state index in [0.29, 0.717) is 0 Å². The zero-order valence-electron chi connectivity index (χ0n) is 46.8. The van der Waals surface area contributed by atoms with Crippen molar-refractivity contribution in [1.29, 1.82) is 0 Å². The minimum atomic E-state index is -0.392. The fourth-order valence-electron chi connectivity index (χ4n) is 15.3. The monoisotopic (exact) mass is 1060 g/mol. The Kier molecular flexibility index (Phi) is 10.2. The Labute approximate surface area is 483 Å². The van der Waals surface area contributed by atoms with Gasteiger partial charge in [-0.3, -0.25) is 0 Å². The van der Waals surface area contributed by atoms with Crippen molar-refractivity contribution in [3.63, 3.8) is 0 Å². The molecule has 14 aromatic carbocycles. The predicted molar refractivity (Wildman–Crippen MR) is 351 cm³/mol. The van der Waals surface area contributed by atoms with Crippen LogP contribution in [0.1, 0.15) is 49.9 Å². The Morgan fingerprint density at radius 2 is 0.566 bits per heavy atom. The second kappa shape index (κ2) is 17.7. The van der Waals surface area contributed by atoms with Crippen LogP contribution in [0.2, 0.25) is 0 Å². The Morgan fingerprint density at radius 1 is 0.241 bits per heavy atom. The van der Waals surface area contributed by atoms with Crippen molar-refractivity contribution < 1.29 is 4.42 Å². The number of hydrogen-bond donors (Lipinski definition) is 0. The van der Waals surface area contributed by atoms with Crippen LogP contribution in [-0.4, -0.2) is 0 Å². The Hall–Kier alpha value is -10.1. The Morgan fingerprint density at radius 3 is 1.00 bits per heavy atom. The summed E-state index contributed by atoms with van der Waals surface area (Å²) in [5.74, 6) is 0. The van der Waals surface area contributed by atoms with Crippen molar-refractivity contribution >= 4 is 65.0 Å². The first-order chi connectivity index (χ1) is 40.7. The van der Waals surface area contributed by atoms with Gasteiger partial charge < -0.3 is 4.42 Å². The predicted octanol–water partition coefficient (Wildman–Crippen LogP) is 22.8. The summed E-state index contributed by atoms with van der Waals surface area (Å²) in [5.41, 5.74) is 26.4. The van der Waals surface area contributed by atoms with Crippen LogP contribution < -0.4 is 0 Å². The minimum Gasteiger partial charge on any atom is -0.455 e. The second-order valence-electron chi connectivity index (χ2n) is 24.2. The summed E-state index contributed by atoms with van der Waals surface area (Å²) in [7, 11) is 0. The molecule has 15 aromatic rings. The van der Waals surface area contributed by atoms with Gasteiger partial charge in [-0.05, 0) is 185 Å². The number of benzene rings is 14. The summed E-state index contributed by atoms with van der Waals surface area (Å²) in [6.45, 7) is 9.90. The van der Waals surface area contributed by atoms with E-state index < -0.39 is 5.41 Å². The molecule has 0 radical (unpaired) electrons. The summed E-state index contributed by atoms with van der Waals surface area (Å²) in [6.07, 6.45) is 0. The van der Waals surface area contributed by atoms with E-state index in [-0.39, 0.29) is 5.41 Å². The summed E-state index contributed by atoms with van der Waals surface area (Å²) >= 11 is 0. The van der Waals surface area contributed by atoms with Crippen LogP contribution in [0, 0.1) is 0 Å². The quantitative estimate of drug-likeness (QED) is 0.151. The highest BCUT2D eigenvalue weighted by Gasteiger charge is 2.49. The summed E-state index contributed by atoms with van der Waals surface area (Å²) in [4.78, 5) is 0. The van der Waals surface area contributed by atoms with E-state index in [1.54, 1.807) is 0 Å². The molecule has 0 aliphatic heterocycles. The number of para-hydroxylation sites is 1. The average molecular weight is 1060 g/mol. The molecule has 2 aliphatic rings. The molecule has 83 heavy (non-hydrogen) atoms. The standard InChI is InChI=1S/C82H56O/c1-81(2)68-47-52(72-59-32-16-14-30-57(59)71(51-28-12-7-13-29-51)58-31-15-17-33-60(58)72)40-42-65(68)75-76-67-38-22-23-39-70(67)83-80(76)77-66-43-41-53(48-69(66)82(3,4)79(77)78(75)81)73-61-34-18-20-36-63(61)74(64-37-21-19-35-62(64)73)56-45-54(49-24-8-5-9-25-49)44-55(46-56)50-26-10-6-11-27-50/h5-48H,1-4H3. The largest absolute Gasteiger partial charge is 0.455 e. The molecule has 0 saturated carbocycles. The minimum absolute atomic E-state index is 0.366. The number of furan rings is 1. The summed E-state index contributed by atoms with van der Waals surface area (Å²) < 4.78 is 7.25. The third-order valence-corrected chi connectivity index (χ3v) is 18.9. The third-order valence-electron chi connectivity index (χ3n) is 18.9. The maximum Gasteiger partial charge on any atom is 0.144 e. The average Bonchev–Trinajstić information content (AvgIpc) is 1.98. The van der Waals surface area contributed by atoms with Crippen LogP contribution >= 0.6 is 0 Å². The molecule has 1 aromatic heterocycles. The van der Waals surface area contributed by atoms with Crippen LogP contribution in [0.5, 0.6) is 0 Å². The van der Waals surface area contributed by atoms with Gasteiger partial charge in [-0.1, -0.05) is 258 Å². The maximum absolute atomic E-state index is 7.25. The molecule has 0 amide bonds. The molecule has 2 aliphatic carbocycles. The zero-order valence-corrected chi connectivity index (χ0v) is 46.8. The van der Waals surface area contributed by atoms with Gasteiger partial charge in [-0.15, -0.1) is 0 Å². The summed E-state index contributed by atoms with van der Waals surface area (Å²) in [5, 5.41) is 12.4. The molecule has 0 unspecified atom stereocenters. The smallest absolute Gasteiger partial charge is 0.144 e. The number of rotatable bonds is 6. The van der Waals surface area contributed by atoms with E-state index in [4.69, 9.17) is 4.42 Å². The van der Waals surface area contributed by atoms with Gasteiger partial charge >= 0.3 is 0 Å². The van der Waals surface area contributed by atoms with E-state index in [0.717, 1.165) is 16.6 Å². The van der Waals surface area contributed by atoms with E-state index >= 15 is 0 Å². The topological polar surface area (TPSA) is 13.1 Å². The molecule has 0 fully saturated rings. The Bertz CT molecular complexity index is 5060. The highest BCUT2D eigenvalue weighted by molar-refractivity contribution is 6.25. The first-order valence-corrected chi connectivity index (χ1v) is 29.2. The molecule has 1 nitrogen and oxygen atoms in total. The van der Waals surface area contributed by atoms with Gasteiger partial charge in [0.1, 0.15) is 11.2 Å². The van der Waals surface area contributed by atoms with Gasteiger partial charge in [0.15, 0.2) is 0 Å². The van der Waals surface area contributed by atoms with Gasteiger partial charge in [0, 0.05) is 27.2 Å². The highest BCUT2D eigenvalue weighted by Crippen LogP contribution is 2.64. The van der Waals surface area contributed by atoms with Crippen molar-refractivity contribution in [2.75, 3.05) is 0 Å². The van der Waals surface area contributed by atoms with Gasteiger partial charge in [-0.2, -0.15) is 0 Å². The van der Waals surface area contributed by atoms with Crippen molar-refractivity contribution in [3.8, 4) is 89.0 Å². The van der Waals surface area contributed by atoms with Crippen molar-refractivity contribution in [2.24, 2.45) is 0 Å². The maximum atomic E-state index is 7.25. The molecule has 1 heteroatoms. The Balaban J connectivity index is 0.870. The fraction of sp³-hybridized carbons (Fsp3) is 0.0732. The van der Waals surface area contributed by atoms with Crippen LogP contribution in [0.3, 0.4) is 0 Å². The highest BCUT2D eigenvalue weighted by atomic mass is 16.3. The first-order valence-electron chi connectivity index (χ1n) is 29.2. The normalized spacial score (nSPS) is 13.7. The van der Waals surface area contributed by atoms with Crippen LogP contribution in [0.15, 0.2) is 271 Å². The van der Waals surface area contributed by atoms with E-state index in [1.165, 1.54) is 160 Å². The summed E-state index contributed by atoms with van der Waals surface area (Å²) in [6, 6.07) is 99.4. The van der Waals surface area contributed by atoms with E-state index in [9.17, 15) is 0 Å². The molecule has 0 N–H and O–H groups in total. The van der Waals surface area contributed by atoms with Crippen molar-refractivity contribution in [2.45, 2.75) is 38.5 Å². The molecule has 0 saturated heterocycles. The van der Waals surface area contributed by atoms with Gasteiger partial charge in [0.25, 0.3) is 0 Å². The molecule has 0 atom stereocenters. The van der Waals surface area contributed by atoms with E-state index in [1.807, 2.05) is 0 Å². The lowest BCUT2D eigenvalue weighted by Gasteiger charge is -2.31. The van der Waals surface area contributed by atoms with Crippen LogP contribution in [0.25, 0.3) is 154 Å². The molecule has 1 heterocycles. The molecule has 390 valence electrons. The number of hydrogen-bond acceptors (Lipinski definition) is 1.